The van der Waals surface area contributed by atoms with Gasteiger partial charge in [-0.3, -0.25) is 19.7 Å². The summed E-state index contributed by atoms with van der Waals surface area (Å²) in [7, 11) is -5.94. The van der Waals surface area contributed by atoms with Gasteiger partial charge in [-0.15, -0.1) is 0 Å². The van der Waals surface area contributed by atoms with Crippen LogP contribution in [0.3, 0.4) is 0 Å². The minimum absolute atomic E-state index is 0. The van der Waals surface area contributed by atoms with Gasteiger partial charge in [0.05, 0.1) is 0 Å². The van der Waals surface area contributed by atoms with Gasteiger partial charge in [-0.1, -0.05) is 184 Å². The predicted octanol–water partition coefficient (Wildman–Crippen LogP) is 15.8. The van der Waals surface area contributed by atoms with Crippen molar-refractivity contribution in [3.8, 4) is 0 Å². The molecule has 0 nitrogen and oxygen atoms in total. The van der Waals surface area contributed by atoms with Gasteiger partial charge in [0.1, 0.15) is 0 Å². The molecule has 0 fully saturated rings. The van der Waals surface area contributed by atoms with E-state index in [0.29, 0.717) is 17.8 Å². The molecular formula is C42H82PbS4Si6. The molecule has 0 bridgehead atoms. The van der Waals surface area contributed by atoms with Crippen LogP contribution in [0.15, 0.2) is 24.3 Å². The van der Waals surface area contributed by atoms with E-state index >= 15 is 0 Å². The van der Waals surface area contributed by atoms with E-state index in [1.807, 2.05) is 0 Å². The van der Waals surface area contributed by atoms with Gasteiger partial charge in [0, 0.05) is 48.4 Å². The van der Waals surface area contributed by atoms with Crippen LogP contribution in [-0.4, -0.2) is 75.7 Å². The zero-order valence-electron chi connectivity index (χ0n) is 38.9. The molecule has 2 aromatic carbocycles. The van der Waals surface area contributed by atoms with Gasteiger partial charge in [0.2, 0.25) is 0 Å². The van der Waals surface area contributed by atoms with Gasteiger partial charge in [0.25, 0.3) is 0 Å². The summed E-state index contributed by atoms with van der Waals surface area (Å²) in [5.74, 6) is 1.75. The molecule has 0 saturated carbocycles. The van der Waals surface area contributed by atoms with Crippen molar-refractivity contribution >= 4 is 119 Å². The third-order valence-electron chi connectivity index (χ3n) is 9.96. The summed E-state index contributed by atoms with van der Waals surface area (Å²) < 4.78 is 0. The van der Waals surface area contributed by atoms with Gasteiger partial charge in [0.15, 0.2) is 0 Å². The quantitative estimate of drug-likeness (QED) is 0.111. The van der Waals surface area contributed by atoms with Crippen LogP contribution in [0, 0.1) is 12.1 Å². The van der Waals surface area contributed by atoms with Crippen molar-refractivity contribution in [2.45, 2.75) is 193 Å². The fraction of sp³-hybridized carbons (Fsp3) is 0.714. The summed E-state index contributed by atoms with van der Waals surface area (Å²) in [6.45, 7) is 60.5. The smallest absolute Gasteiger partial charge is 0.709 e. The zero-order valence-corrected chi connectivity index (χ0v) is 52.1. The molecule has 11 heteroatoms. The topological polar surface area (TPSA) is 0 Å². The molecule has 0 spiro atoms. The Balaban J connectivity index is 0. The van der Waals surface area contributed by atoms with E-state index in [1.165, 1.54) is 36.3 Å². The van der Waals surface area contributed by atoms with Crippen molar-refractivity contribution in [2.24, 2.45) is 0 Å². The molecule has 0 saturated heterocycles. The molecular weight excluding hydrogens is 1010 g/mol. The maximum Gasteiger partial charge on any atom is 2.00 e. The molecule has 0 aromatic heterocycles. The molecule has 302 valence electrons. The first-order valence-electron chi connectivity index (χ1n) is 19.7. The molecule has 0 amide bonds. The fourth-order valence-corrected chi connectivity index (χ4v) is 47.3. The Bertz CT molecular complexity index is 1140. The molecule has 0 heterocycles. The van der Waals surface area contributed by atoms with Crippen LogP contribution < -0.4 is 0 Å². The summed E-state index contributed by atoms with van der Waals surface area (Å²) in [5.41, 5.74) is 9.09. The number of hydrogen-bond donors (Lipinski definition) is 0. The average molecular weight is 1090 g/mol. The van der Waals surface area contributed by atoms with Crippen molar-refractivity contribution in [3.05, 3.63) is 69.8 Å². The van der Waals surface area contributed by atoms with Crippen molar-refractivity contribution in [3.63, 3.8) is 0 Å². The normalized spacial score (nSPS) is 13.4. The van der Waals surface area contributed by atoms with Crippen LogP contribution in [0.4, 0.5) is 0 Å². The molecule has 0 N–H and O–H groups in total. The molecule has 53 heavy (non-hydrogen) atoms. The van der Waals surface area contributed by atoms with E-state index in [1.54, 1.807) is 16.7 Å². The van der Waals surface area contributed by atoms with Crippen LogP contribution in [-0.2, 0) is 23.3 Å². The van der Waals surface area contributed by atoms with Crippen LogP contribution in [0.25, 0.3) is 0 Å². The first-order valence-corrected chi connectivity index (χ1v) is 45.2. The summed E-state index contributed by atoms with van der Waals surface area (Å²) in [5, 5.41) is 2.32. The van der Waals surface area contributed by atoms with Gasteiger partial charge in [-0.25, -0.2) is 0 Å². The van der Waals surface area contributed by atoms with Gasteiger partial charge < -0.3 is 23.3 Å². The zero-order chi connectivity index (χ0) is 41.6. The Labute approximate surface area is 377 Å². The van der Waals surface area contributed by atoms with Crippen LogP contribution in [0.5, 0.6) is 0 Å². The van der Waals surface area contributed by atoms with E-state index in [0.717, 1.165) is 15.5 Å². The van der Waals surface area contributed by atoms with E-state index in [2.05, 4.69) is 219 Å². The summed E-state index contributed by atoms with van der Waals surface area (Å²) in [6.07, 6.45) is 0. The molecule has 0 unspecified atom stereocenters. The summed E-state index contributed by atoms with van der Waals surface area (Å²) in [4.78, 5) is 0. The van der Waals surface area contributed by atoms with E-state index in [4.69, 9.17) is 0 Å². The second-order valence-corrected chi connectivity index (χ2v) is 59.9. The van der Waals surface area contributed by atoms with Gasteiger partial charge >= 0.3 is 27.3 Å². The molecule has 0 aliphatic rings. The minimum Gasteiger partial charge on any atom is -0.709 e. The average Bonchev–Trinajstić information content (AvgIpc) is 2.88. The van der Waals surface area contributed by atoms with Crippen molar-refractivity contribution in [1.82, 2.24) is 0 Å². The van der Waals surface area contributed by atoms with E-state index in [9.17, 15) is 0 Å². The van der Waals surface area contributed by atoms with Crippen LogP contribution in [0.1, 0.15) is 108 Å². The first-order chi connectivity index (χ1) is 23.0. The van der Waals surface area contributed by atoms with Gasteiger partial charge in [-0.05, 0) is 78.8 Å². The predicted molar refractivity (Wildman–Crippen MR) is 277 cm³/mol. The Morgan fingerprint density at radius 1 is 0.377 bits per heavy atom. The van der Waals surface area contributed by atoms with E-state index in [-0.39, 0.29) is 27.3 Å². The van der Waals surface area contributed by atoms with Crippen molar-refractivity contribution < 1.29 is 0 Å². The summed E-state index contributed by atoms with van der Waals surface area (Å²) in [6, 6.07) is 17.8. The molecule has 0 aliphatic carbocycles. The second-order valence-electron chi connectivity index (χ2n) is 22.7. The third-order valence-corrected chi connectivity index (χ3v) is 40.1. The molecule has 0 aliphatic heterocycles. The molecule has 2 rings (SSSR count). The minimum atomic E-state index is -1.39. The largest absolute Gasteiger partial charge is 2.00 e. The second kappa shape index (κ2) is 22.6. The Morgan fingerprint density at radius 2 is 0.604 bits per heavy atom. The van der Waals surface area contributed by atoms with Crippen molar-refractivity contribution in [2.75, 3.05) is 0 Å². The van der Waals surface area contributed by atoms with E-state index < -0.39 is 48.4 Å². The maximum atomic E-state index is 4.33. The molecule has 4 radical (unpaired) electrons. The monoisotopic (exact) mass is 1090 g/mol. The summed E-state index contributed by atoms with van der Waals surface area (Å²) >= 11 is 8.66. The standard InChI is InChI=1S/C27H59Si6.C15H23.Pb.H2S4/c1-28(2,3)25(29(4,5)6)22-19-23(26(30(7,8)9)31(10,11)12)21-24(20-22)27(32(13,14)15)33(16,17)18;1-10(2)13-7-14(11(3)4)9-15(8-13)12(5)6;;1-3-4-2/h19-20,25-27H,1-18H3;7-8,10-12H,1-6H3;;1-2H/q;;+2;/p-2. The Hall–Kier alpha value is 2.06. The Kier molecular flexibility index (Phi) is 24.4. The molecule has 0 atom stereocenters. The number of benzene rings is 2. The molecule has 2 aromatic rings. The maximum absolute atomic E-state index is 4.33. The van der Waals surface area contributed by atoms with Gasteiger partial charge in [-0.2, -0.15) is 0 Å². The SMILES string of the molecule is CC(C)c1[c]c(C(C)C)cc(C(C)C)c1.C[Si](C)(C)C(c1[c]c(C([Si](C)(C)C)[Si](C)(C)C)cc(C([Si](C)(C)C)[Si](C)(C)C)c1)[Si](C)(C)C.[Pb+2].[S-]SS[S-]. The number of rotatable bonds is 13. The van der Waals surface area contributed by atoms with Crippen LogP contribution >= 0.6 is 19.7 Å². The number of hydrogen-bond acceptors (Lipinski definition) is 4. The first kappa shape index (κ1) is 57.2. The van der Waals surface area contributed by atoms with Crippen LogP contribution in [0.2, 0.25) is 118 Å². The fourth-order valence-electron chi connectivity index (χ4n) is 9.48. The Morgan fingerprint density at radius 3 is 0.792 bits per heavy atom. The third kappa shape index (κ3) is 19.3. The van der Waals surface area contributed by atoms with Crippen molar-refractivity contribution in [1.29, 1.82) is 0 Å².